The summed E-state index contributed by atoms with van der Waals surface area (Å²) in [6.07, 6.45) is 1.86. The minimum atomic E-state index is 0.200. The Morgan fingerprint density at radius 3 is 2.75 bits per heavy atom. The zero-order valence-corrected chi connectivity index (χ0v) is 8.04. The average molecular weight is 171 g/mol. The highest BCUT2D eigenvalue weighted by molar-refractivity contribution is 5.78. The van der Waals surface area contributed by atoms with Gasteiger partial charge in [0.25, 0.3) is 0 Å². The molecule has 1 amide bonds. The first kappa shape index (κ1) is 9.52. The van der Waals surface area contributed by atoms with Crippen molar-refractivity contribution in [2.24, 2.45) is 0 Å². The van der Waals surface area contributed by atoms with Crippen molar-refractivity contribution in [2.45, 2.75) is 45.8 Å². The molecule has 3 nitrogen and oxygen atoms in total. The van der Waals surface area contributed by atoms with Crippen molar-refractivity contribution >= 4 is 5.91 Å². The smallest absolute Gasteiger partial charge is 0.224 e. The Labute approximate surface area is 73.7 Å². The van der Waals surface area contributed by atoms with Crippen LogP contribution in [0.5, 0.6) is 0 Å². The van der Waals surface area contributed by atoms with Crippen molar-refractivity contribution in [1.29, 1.82) is 0 Å². The molecule has 1 heterocycles. The Hall–Kier alpha value is -0.570. The molecule has 0 aromatic rings. The predicted octanol–water partition coefficient (Wildman–Crippen LogP) is 1.38. The van der Waals surface area contributed by atoms with Gasteiger partial charge in [0.15, 0.2) is 0 Å². The van der Waals surface area contributed by atoms with E-state index >= 15 is 0 Å². The number of hydrogen-bond acceptors (Lipinski definition) is 2. The van der Waals surface area contributed by atoms with Crippen molar-refractivity contribution in [3.8, 4) is 0 Å². The van der Waals surface area contributed by atoms with Crippen molar-refractivity contribution < 1.29 is 9.53 Å². The van der Waals surface area contributed by atoms with E-state index in [1.54, 1.807) is 4.90 Å². The van der Waals surface area contributed by atoms with E-state index in [0.29, 0.717) is 19.2 Å². The number of amides is 1. The summed E-state index contributed by atoms with van der Waals surface area (Å²) in [6.45, 7) is 6.47. The van der Waals surface area contributed by atoms with Gasteiger partial charge in [0.2, 0.25) is 5.91 Å². The van der Waals surface area contributed by atoms with Gasteiger partial charge in [-0.25, -0.2) is 0 Å². The maximum absolute atomic E-state index is 11.2. The average Bonchev–Trinajstić information content (AvgIpc) is 2.28. The fourth-order valence-electron chi connectivity index (χ4n) is 1.31. The molecular formula is C9H17NO2. The lowest BCUT2D eigenvalue weighted by molar-refractivity contribution is -0.135. The van der Waals surface area contributed by atoms with Crippen molar-refractivity contribution in [1.82, 2.24) is 4.90 Å². The summed E-state index contributed by atoms with van der Waals surface area (Å²) in [7, 11) is 0. The summed E-state index contributed by atoms with van der Waals surface area (Å²) in [6, 6.07) is 0.358. The largest absolute Gasteiger partial charge is 0.358 e. The van der Waals surface area contributed by atoms with Gasteiger partial charge in [-0.05, 0) is 27.2 Å². The highest BCUT2D eigenvalue weighted by Gasteiger charge is 2.27. The molecule has 0 aromatic carbocycles. The predicted molar refractivity (Wildman–Crippen MR) is 46.6 cm³/mol. The molecule has 0 spiro atoms. The van der Waals surface area contributed by atoms with Crippen LogP contribution in [0, 0.1) is 0 Å². The zero-order valence-electron chi connectivity index (χ0n) is 8.04. The fourth-order valence-corrected chi connectivity index (χ4v) is 1.31. The molecule has 70 valence electrons. The van der Waals surface area contributed by atoms with E-state index in [1.807, 2.05) is 13.8 Å². The van der Waals surface area contributed by atoms with Crippen LogP contribution in [-0.4, -0.2) is 29.7 Å². The minimum Gasteiger partial charge on any atom is -0.358 e. The van der Waals surface area contributed by atoms with Gasteiger partial charge in [0, 0.05) is 12.5 Å². The number of likely N-dealkylation sites (tertiary alicyclic amines) is 1. The molecule has 1 saturated heterocycles. The zero-order chi connectivity index (χ0) is 9.14. The van der Waals surface area contributed by atoms with Crippen molar-refractivity contribution in [3.63, 3.8) is 0 Å². The Morgan fingerprint density at radius 2 is 2.33 bits per heavy atom. The molecule has 0 bridgehead atoms. The van der Waals surface area contributed by atoms with E-state index < -0.39 is 0 Å². The Balaban J connectivity index is 2.34. The van der Waals surface area contributed by atoms with Crippen LogP contribution in [0.4, 0.5) is 0 Å². The summed E-state index contributed by atoms with van der Waals surface area (Å²) >= 11 is 0. The summed E-state index contributed by atoms with van der Waals surface area (Å²) in [4.78, 5) is 13.0. The molecule has 1 rings (SSSR count). The summed E-state index contributed by atoms with van der Waals surface area (Å²) in [5.74, 6) is 0.225. The Bertz CT molecular complexity index is 168. The van der Waals surface area contributed by atoms with Crippen LogP contribution in [0.2, 0.25) is 0 Å². The van der Waals surface area contributed by atoms with Gasteiger partial charge >= 0.3 is 0 Å². The van der Waals surface area contributed by atoms with Crippen LogP contribution in [0.15, 0.2) is 0 Å². The standard InChI is InChI=1S/C9H17NO2/c1-7(2)12-6-10-8(3)4-5-9(10)11/h7-8H,4-6H2,1-3H3/t8-/m1/s1. The normalized spacial score (nSPS) is 24.2. The molecular weight excluding hydrogens is 154 g/mol. The molecule has 1 atom stereocenters. The molecule has 0 radical (unpaired) electrons. The molecule has 3 heteroatoms. The summed E-state index contributed by atoms with van der Waals surface area (Å²) in [5, 5.41) is 0. The van der Waals surface area contributed by atoms with Crippen LogP contribution in [-0.2, 0) is 9.53 Å². The highest BCUT2D eigenvalue weighted by Crippen LogP contribution is 2.17. The first-order valence-corrected chi connectivity index (χ1v) is 4.52. The second-order valence-corrected chi connectivity index (χ2v) is 3.60. The van der Waals surface area contributed by atoms with E-state index in [2.05, 4.69) is 6.92 Å². The van der Waals surface area contributed by atoms with Crippen LogP contribution < -0.4 is 0 Å². The van der Waals surface area contributed by atoms with E-state index in [-0.39, 0.29) is 12.0 Å². The van der Waals surface area contributed by atoms with Gasteiger partial charge < -0.3 is 9.64 Å². The van der Waals surface area contributed by atoms with Gasteiger partial charge in [0.05, 0.1) is 6.10 Å². The number of carbonyl (C=O) groups is 1. The van der Waals surface area contributed by atoms with Gasteiger partial charge in [0.1, 0.15) is 6.73 Å². The molecule has 1 aliphatic rings. The summed E-state index contributed by atoms with van der Waals surface area (Å²) in [5.41, 5.74) is 0. The maximum Gasteiger partial charge on any atom is 0.224 e. The molecule has 12 heavy (non-hydrogen) atoms. The van der Waals surface area contributed by atoms with Gasteiger partial charge in [-0.15, -0.1) is 0 Å². The SMILES string of the molecule is CC(C)OCN1C(=O)CC[C@H]1C. The lowest BCUT2D eigenvalue weighted by atomic mass is 10.2. The molecule has 0 aliphatic carbocycles. The van der Waals surface area contributed by atoms with Crippen molar-refractivity contribution in [2.75, 3.05) is 6.73 Å². The van der Waals surface area contributed by atoms with Gasteiger partial charge in [-0.3, -0.25) is 4.79 Å². The van der Waals surface area contributed by atoms with Crippen LogP contribution >= 0.6 is 0 Å². The lowest BCUT2D eigenvalue weighted by Crippen LogP contribution is -2.34. The Morgan fingerprint density at radius 1 is 1.67 bits per heavy atom. The van der Waals surface area contributed by atoms with Crippen LogP contribution in [0.25, 0.3) is 0 Å². The second-order valence-electron chi connectivity index (χ2n) is 3.60. The maximum atomic E-state index is 11.2. The second kappa shape index (κ2) is 3.90. The summed E-state index contributed by atoms with van der Waals surface area (Å²) < 4.78 is 5.37. The van der Waals surface area contributed by atoms with Gasteiger partial charge in [-0.2, -0.15) is 0 Å². The topological polar surface area (TPSA) is 29.5 Å². The number of rotatable bonds is 3. The van der Waals surface area contributed by atoms with E-state index in [4.69, 9.17) is 4.74 Å². The van der Waals surface area contributed by atoms with Gasteiger partial charge in [-0.1, -0.05) is 0 Å². The number of carbonyl (C=O) groups excluding carboxylic acids is 1. The lowest BCUT2D eigenvalue weighted by Gasteiger charge is -2.22. The Kier molecular flexibility index (Phi) is 3.09. The number of ether oxygens (including phenoxy) is 1. The van der Waals surface area contributed by atoms with Crippen LogP contribution in [0.3, 0.4) is 0 Å². The first-order valence-electron chi connectivity index (χ1n) is 4.52. The first-order chi connectivity index (χ1) is 5.61. The third kappa shape index (κ3) is 2.21. The molecule has 0 aromatic heterocycles. The molecule has 0 unspecified atom stereocenters. The minimum absolute atomic E-state index is 0.200. The number of hydrogen-bond donors (Lipinski definition) is 0. The third-order valence-electron chi connectivity index (χ3n) is 2.18. The highest BCUT2D eigenvalue weighted by atomic mass is 16.5. The number of nitrogens with zero attached hydrogens (tertiary/aromatic N) is 1. The molecule has 0 saturated carbocycles. The van der Waals surface area contributed by atoms with Crippen LogP contribution in [0.1, 0.15) is 33.6 Å². The monoisotopic (exact) mass is 171 g/mol. The molecule has 1 fully saturated rings. The fraction of sp³-hybridized carbons (Fsp3) is 0.889. The van der Waals surface area contributed by atoms with Crippen molar-refractivity contribution in [3.05, 3.63) is 0 Å². The molecule has 0 N–H and O–H groups in total. The quantitative estimate of drug-likeness (QED) is 0.642. The third-order valence-corrected chi connectivity index (χ3v) is 2.18. The van der Waals surface area contributed by atoms with E-state index in [9.17, 15) is 4.79 Å². The van der Waals surface area contributed by atoms with E-state index in [1.165, 1.54) is 0 Å². The van der Waals surface area contributed by atoms with E-state index in [0.717, 1.165) is 6.42 Å². The molecule has 1 aliphatic heterocycles.